The molecule has 2 amide bonds. The Labute approximate surface area is 209 Å². The summed E-state index contributed by atoms with van der Waals surface area (Å²) in [6.07, 6.45) is 2.65. The molecular weight excluding hydrogens is 456 g/mol. The van der Waals surface area contributed by atoms with Crippen LogP contribution in [-0.2, 0) is 9.59 Å². The molecule has 3 aromatic rings. The largest absolute Gasteiger partial charge is 0.484 e. The minimum Gasteiger partial charge on any atom is -0.484 e. The summed E-state index contributed by atoms with van der Waals surface area (Å²) < 4.78 is 11.0. The van der Waals surface area contributed by atoms with Crippen molar-refractivity contribution in [3.8, 4) is 17.6 Å². The molecule has 0 atom stereocenters. The Balaban J connectivity index is 1.13. The summed E-state index contributed by atoms with van der Waals surface area (Å²) in [5.41, 5.74) is 1.74. The molecule has 0 unspecified atom stereocenters. The number of carbonyl (C=O) groups is 2. The van der Waals surface area contributed by atoms with Crippen LogP contribution in [0.25, 0.3) is 11.0 Å². The van der Waals surface area contributed by atoms with E-state index in [2.05, 4.69) is 11.8 Å². The third-order valence-electron chi connectivity index (χ3n) is 7.28. The van der Waals surface area contributed by atoms with E-state index in [0.29, 0.717) is 37.5 Å². The van der Waals surface area contributed by atoms with Gasteiger partial charge in [0.15, 0.2) is 6.61 Å². The van der Waals surface area contributed by atoms with E-state index in [1.165, 1.54) is 6.07 Å². The molecular formula is C29H28N2O5. The van der Waals surface area contributed by atoms with Crippen molar-refractivity contribution in [3.05, 3.63) is 76.1 Å². The van der Waals surface area contributed by atoms with Crippen LogP contribution < -0.4 is 10.4 Å². The lowest BCUT2D eigenvalue weighted by atomic mass is 9.78. The fraction of sp³-hybridized carbons (Fsp3) is 0.345. The number of likely N-dealkylation sites (tertiary alicyclic amines) is 2. The van der Waals surface area contributed by atoms with E-state index in [1.807, 2.05) is 53.1 Å². The van der Waals surface area contributed by atoms with Crippen molar-refractivity contribution in [3.63, 3.8) is 0 Å². The summed E-state index contributed by atoms with van der Waals surface area (Å²) in [6, 6.07) is 16.2. The van der Waals surface area contributed by atoms with Gasteiger partial charge >= 0.3 is 5.63 Å². The van der Waals surface area contributed by atoms with Gasteiger partial charge in [0.05, 0.1) is 0 Å². The maximum Gasteiger partial charge on any atom is 0.336 e. The number of benzene rings is 2. The number of rotatable bonds is 3. The summed E-state index contributed by atoms with van der Waals surface area (Å²) in [6.45, 7) is 4.46. The van der Waals surface area contributed by atoms with Crippen LogP contribution in [0.4, 0.5) is 0 Å². The molecule has 5 rings (SSSR count). The van der Waals surface area contributed by atoms with Gasteiger partial charge < -0.3 is 19.0 Å². The highest BCUT2D eigenvalue weighted by molar-refractivity contribution is 5.94. The fourth-order valence-electron chi connectivity index (χ4n) is 5.10. The molecule has 0 radical (unpaired) electrons. The zero-order chi connectivity index (χ0) is 25.1. The van der Waals surface area contributed by atoms with E-state index in [9.17, 15) is 14.4 Å². The van der Waals surface area contributed by atoms with Crippen molar-refractivity contribution in [1.29, 1.82) is 0 Å². The van der Waals surface area contributed by atoms with Crippen LogP contribution in [0.1, 0.15) is 30.4 Å². The number of hydrogen-bond donors (Lipinski definition) is 0. The lowest BCUT2D eigenvalue weighted by molar-refractivity contribution is -0.133. The third kappa shape index (κ3) is 5.13. The van der Waals surface area contributed by atoms with Gasteiger partial charge in [-0.2, -0.15) is 0 Å². The molecule has 0 aliphatic carbocycles. The molecule has 2 saturated heterocycles. The summed E-state index contributed by atoms with van der Waals surface area (Å²) in [7, 11) is 0. The average molecular weight is 485 g/mol. The Morgan fingerprint density at radius 3 is 2.47 bits per heavy atom. The van der Waals surface area contributed by atoms with Gasteiger partial charge in [0.1, 0.15) is 11.3 Å². The fourth-order valence-corrected chi connectivity index (χ4v) is 5.10. The van der Waals surface area contributed by atoms with Crippen molar-refractivity contribution in [2.75, 3.05) is 32.8 Å². The Morgan fingerprint density at radius 2 is 1.72 bits per heavy atom. The van der Waals surface area contributed by atoms with Gasteiger partial charge in [-0.05, 0) is 61.4 Å². The lowest BCUT2D eigenvalue weighted by Gasteiger charge is -2.38. The highest BCUT2D eigenvalue weighted by Gasteiger charge is 2.42. The molecule has 7 heteroatoms. The number of carbonyl (C=O) groups excluding carboxylic acids is 2. The van der Waals surface area contributed by atoms with Gasteiger partial charge in [-0.1, -0.05) is 24.1 Å². The number of ether oxygens (including phenoxy) is 1. The molecule has 0 saturated carbocycles. The van der Waals surface area contributed by atoms with E-state index in [-0.39, 0.29) is 23.8 Å². The minimum absolute atomic E-state index is 0.0448. The Morgan fingerprint density at radius 1 is 1.00 bits per heavy atom. The van der Waals surface area contributed by atoms with Gasteiger partial charge in [-0.3, -0.25) is 9.59 Å². The van der Waals surface area contributed by atoms with E-state index < -0.39 is 5.63 Å². The lowest BCUT2D eigenvalue weighted by Crippen LogP contribution is -2.44. The van der Waals surface area contributed by atoms with Crippen LogP contribution in [0, 0.1) is 24.2 Å². The molecule has 1 spiro atoms. The first-order valence-electron chi connectivity index (χ1n) is 12.2. The maximum atomic E-state index is 12.9. The third-order valence-corrected chi connectivity index (χ3v) is 7.28. The van der Waals surface area contributed by atoms with Gasteiger partial charge in [-0.15, -0.1) is 0 Å². The monoisotopic (exact) mass is 484 g/mol. The number of nitrogens with zero attached hydrogens (tertiary/aromatic N) is 2. The second-order valence-corrected chi connectivity index (χ2v) is 9.67. The predicted molar refractivity (Wildman–Crippen MR) is 135 cm³/mol. The van der Waals surface area contributed by atoms with Crippen LogP contribution in [-0.4, -0.2) is 54.4 Å². The van der Waals surface area contributed by atoms with Crippen LogP contribution in [0.5, 0.6) is 5.75 Å². The van der Waals surface area contributed by atoms with Crippen molar-refractivity contribution < 1.29 is 18.7 Å². The summed E-state index contributed by atoms with van der Waals surface area (Å²) in [4.78, 5) is 40.7. The Hall–Kier alpha value is -4.05. The average Bonchev–Trinajstić information content (AvgIpc) is 3.30. The van der Waals surface area contributed by atoms with Crippen LogP contribution in [0.3, 0.4) is 0 Å². The summed E-state index contributed by atoms with van der Waals surface area (Å²) >= 11 is 0. The predicted octanol–water partition coefficient (Wildman–Crippen LogP) is 3.37. The molecule has 184 valence electrons. The van der Waals surface area contributed by atoms with Crippen LogP contribution >= 0.6 is 0 Å². The molecule has 36 heavy (non-hydrogen) atoms. The van der Waals surface area contributed by atoms with Gasteiger partial charge in [0, 0.05) is 55.2 Å². The molecule has 0 bridgehead atoms. The number of aryl methyl sites for hydroxylation is 1. The zero-order valence-corrected chi connectivity index (χ0v) is 20.3. The molecule has 2 aliphatic rings. The van der Waals surface area contributed by atoms with Crippen LogP contribution in [0.2, 0.25) is 0 Å². The van der Waals surface area contributed by atoms with Gasteiger partial charge in [-0.25, -0.2) is 4.79 Å². The molecule has 2 fully saturated rings. The number of hydrogen-bond acceptors (Lipinski definition) is 5. The van der Waals surface area contributed by atoms with Crippen molar-refractivity contribution >= 4 is 22.8 Å². The number of amides is 2. The molecule has 3 heterocycles. The second kappa shape index (κ2) is 9.90. The zero-order valence-electron chi connectivity index (χ0n) is 20.3. The van der Waals surface area contributed by atoms with Crippen LogP contribution in [0.15, 0.2) is 63.8 Å². The van der Waals surface area contributed by atoms with E-state index in [0.717, 1.165) is 35.8 Å². The highest BCUT2D eigenvalue weighted by Crippen LogP contribution is 2.40. The van der Waals surface area contributed by atoms with E-state index in [1.54, 1.807) is 12.1 Å². The first-order valence-corrected chi connectivity index (χ1v) is 12.2. The van der Waals surface area contributed by atoms with E-state index in [4.69, 9.17) is 9.15 Å². The quantitative estimate of drug-likeness (QED) is 0.421. The Kier molecular flexibility index (Phi) is 6.51. The summed E-state index contributed by atoms with van der Waals surface area (Å²) in [5.74, 6) is 5.97. The first-order chi connectivity index (χ1) is 17.4. The molecule has 0 N–H and O–H groups in total. The second-order valence-electron chi connectivity index (χ2n) is 9.67. The normalized spacial score (nSPS) is 16.6. The van der Waals surface area contributed by atoms with Crippen molar-refractivity contribution in [2.24, 2.45) is 5.41 Å². The standard InChI is InChI=1S/C29H28N2O5/c1-21-17-28(34)36-25-18-23(8-9-24(21)25)35-19-27(33)31-16-13-29(20-31)11-14-30(15-12-29)26(32)10-7-22-5-3-2-4-6-22/h2-6,8-9,17-18H,11-16,19-20H2,1H3. The molecule has 2 aliphatic heterocycles. The smallest absolute Gasteiger partial charge is 0.336 e. The number of fused-ring (bicyclic) bond motifs is 1. The van der Waals surface area contributed by atoms with Crippen molar-refractivity contribution in [2.45, 2.75) is 26.2 Å². The minimum atomic E-state index is -0.411. The Bertz CT molecular complexity index is 1410. The van der Waals surface area contributed by atoms with Crippen molar-refractivity contribution in [1.82, 2.24) is 9.80 Å². The maximum absolute atomic E-state index is 12.9. The SMILES string of the molecule is Cc1cc(=O)oc2cc(OCC(=O)N3CCC4(CCN(C(=O)C#Cc5ccccc5)CC4)C3)ccc12. The highest BCUT2D eigenvalue weighted by atomic mass is 16.5. The van der Waals surface area contributed by atoms with Gasteiger partial charge in [0.2, 0.25) is 0 Å². The molecule has 2 aromatic carbocycles. The molecule has 1 aromatic heterocycles. The van der Waals surface area contributed by atoms with Gasteiger partial charge in [0.25, 0.3) is 11.8 Å². The number of piperidine rings is 1. The first kappa shape index (κ1) is 23.7. The molecule has 7 nitrogen and oxygen atoms in total. The van der Waals surface area contributed by atoms with E-state index >= 15 is 0 Å². The summed E-state index contributed by atoms with van der Waals surface area (Å²) in [5, 5.41) is 0.839. The topological polar surface area (TPSA) is 80.1 Å².